The van der Waals surface area contributed by atoms with Crippen molar-refractivity contribution < 1.29 is 9.90 Å². The van der Waals surface area contributed by atoms with Gasteiger partial charge in [0.25, 0.3) is 0 Å². The minimum Gasteiger partial charge on any atom is -0.481 e. The van der Waals surface area contributed by atoms with Gasteiger partial charge in [-0.15, -0.1) is 0 Å². The van der Waals surface area contributed by atoms with E-state index in [9.17, 15) is 9.90 Å². The summed E-state index contributed by atoms with van der Waals surface area (Å²) in [5, 5.41) is 13.1. The molecule has 4 unspecified atom stereocenters. The summed E-state index contributed by atoms with van der Waals surface area (Å²) in [5.74, 6) is 0.601. The molecular formula is C18H33NO2. The summed E-state index contributed by atoms with van der Waals surface area (Å²) in [4.78, 5) is 11.4. The second kappa shape index (κ2) is 8.77. The second-order valence-electron chi connectivity index (χ2n) is 7.26. The Morgan fingerprint density at radius 1 is 1.05 bits per heavy atom. The van der Waals surface area contributed by atoms with Gasteiger partial charge in [0, 0.05) is 6.04 Å². The molecule has 3 heteroatoms. The molecule has 0 aliphatic heterocycles. The Hall–Kier alpha value is -0.570. The minimum atomic E-state index is -0.578. The topological polar surface area (TPSA) is 49.3 Å². The predicted molar refractivity (Wildman–Crippen MR) is 86.4 cm³/mol. The van der Waals surface area contributed by atoms with Gasteiger partial charge in [0.15, 0.2) is 0 Å². The quantitative estimate of drug-likeness (QED) is 0.721. The number of carbonyl (C=O) groups is 1. The van der Waals surface area contributed by atoms with Crippen molar-refractivity contribution in [2.75, 3.05) is 6.54 Å². The summed E-state index contributed by atoms with van der Waals surface area (Å²) in [6, 6.07) is 0.628. The van der Waals surface area contributed by atoms with Gasteiger partial charge < -0.3 is 10.4 Å². The highest BCUT2D eigenvalue weighted by Gasteiger charge is 2.31. The van der Waals surface area contributed by atoms with Crippen LogP contribution < -0.4 is 5.32 Å². The highest BCUT2D eigenvalue weighted by molar-refractivity contribution is 5.70. The van der Waals surface area contributed by atoms with Gasteiger partial charge >= 0.3 is 5.97 Å². The molecular weight excluding hydrogens is 262 g/mol. The molecule has 2 aliphatic carbocycles. The predicted octanol–water partition coefficient (Wildman–Crippen LogP) is 4.22. The molecule has 0 bridgehead atoms. The third kappa shape index (κ3) is 5.28. The van der Waals surface area contributed by atoms with Gasteiger partial charge in [-0.25, -0.2) is 0 Å². The van der Waals surface area contributed by atoms with Crippen molar-refractivity contribution in [3.63, 3.8) is 0 Å². The Labute approximate surface area is 129 Å². The van der Waals surface area contributed by atoms with E-state index < -0.39 is 5.97 Å². The molecule has 0 radical (unpaired) electrons. The summed E-state index contributed by atoms with van der Waals surface area (Å²) < 4.78 is 0. The van der Waals surface area contributed by atoms with E-state index >= 15 is 0 Å². The largest absolute Gasteiger partial charge is 0.481 e. The van der Waals surface area contributed by atoms with Crippen molar-refractivity contribution in [3.05, 3.63) is 0 Å². The van der Waals surface area contributed by atoms with Gasteiger partial charge in [0.05, 0.1) is 5.92 Å². The number of carboxylic acids is 1. The third-order valence-corrected chi connectivity index (χ3v) is 5.68. The first-order valence-corrected chi connectivity index (χ1v) is 9.17. The van der Waals surface area contributed by atoms with Crippen molar-refractivity contribution in [3.8, 4) is 0 Å². The third-order valence-electron chi connectivity index (χ3n) is 5.68. The summed E-state index contributed by atoms with van der Waals surface area (Å²) in [6.07, 6.45) is 13.6. The van der Waals surface area contributed by atoms with Crippen LogP contribution in [-0.4, -0.2) is 23.7 Å². The molecule has 3 nitrogen and oxygen atoms in total. The molecule has 2 saturated carbocycles. The first-order valence-electron chi connectivity index (χ1n) is 9.17. The van der Waals surface area contributed by atoms with Crippen LogP contribution in [0.25, 0.3) is 0 Å². The van der Waals surface area contributed by atoms with Crippen LogP contribution in [0.5, 0.6) is 0 Å². The van der Waals surface area contributed by atoms with Crippen molar-refractivity contribution >= 4 is 5.97 Å². The molecule has 0 spiro atoms. The fourth-order valence-electron chi connectivity index (χ4n) is 4.37. The zero-order valence-corrected chi connectivity index (χ0v) is 13.7. The van der Waals surface area contributed by atoms with E-state index in [-0.39, 0.29) is 5.92 Å². The molecule has 2 fully saturated rings. The van der Waals surface area contributed by atoms with Gasteiger partial charge in [0.2, 0.25) is 0 Å². The van der Waals surface area contributed by atoms with Gasteiger partial charge in [-0.3, -0.25) is 4.79 Å². The Morgan fingerprint density at radius 3 is 2.62 bits per heavy atom. The number of hydrogen-bond acceptors (Lipinski definition) is 2. The lowest BCUT2D eigenvalue weighted by molar-refractivity contribution is -0.144. The number of rotatable bonds is 6. The molecule has 0 amide bonds. The molecule has 2 rings (SSSR count). The molecule has 122 valence electrons. The van der Waals surface area contributed by atoms with Gasteiger partial charge in [0.1, 0.15) is 0 Å². The van der Waals surface area contributed by atoms with Crippen LogP contribution in [0, 0.1) is 17.8 Å². The number of nitrogens with one attached hydrogen (secondary N) is 1. The fourth-order valence-corrected chi connectivity index (χ4v) is 4.37. The number of carboxylic acid groups (broad SMARTS) is 1. The van der Waals surface area contributed by atoms with Crippen molar-refractivity contribution in [2.24, 2.45) is 17.8 Å². The number of hydrogen-bond donors (Lipinski definition) is 2. The summed E-state index contributed by atoms with van der Waals surface area (Å²) in [5.41, 5.74) is 0. The standard InChI is InChI=1S/C18H33NO2/c1-2-6-14-7-5-9-16(12-11-14)19-13-15-8-3-4-10-17(15)18(20)21/h14-17,19H,2-13H2,1H3,(H,20,21). The molecule has 2 aliphatic rings. The summed E-state index contributed by atoms with van der Waals surface area (Å²) in [6.45, 7) is 3.20. The van der Waals surface area contributed by atoms with E-state index in [1.54, 1.807) is 0 Å². The molecule has 0 aromatic heterocycles. The fraction of sp³-hybridized carbons (Fsp3) is 0.944. The lowest BCUT2D eigenvalue weighted by Gasteiger charge is -2.30. The lowest BCUT2D eigenvalue weighted by atomic mass is 9.79. The Morgan fingerprint density at radius 2 is 1.86 bits per heavy atom. The average Bonchev–Trinajstić information content (AvgIpc) is 2.71. The molecule has 0 saturated heterocycles. The summed E-state index contributed by atoms with van der Waals surface area (Å²) in [7, 11) is 0. The van der Waals surface area contributed by atoms with E-state index in [2.05, 4.69) is 12.2 Å². The Kier molecular flexibility index (Phi) is 7.01. The highest BCUT2D eigenvalue weighted by Crippen LogP contribution is 2.31. The molecule has 4 atom stereocenters. The van der Waals surface area contributed by atoms with Crippen molar-refractivity contribution in [1.29, 1.82) is 0 Å². The van der Waals surface area contributed by atoms with E-state index in [0.717, 1.165) is 31.7 Å². The molecule has 21 heavy (non-hydrogen) atoms. The maximum atomic E-state index is 11.4. The Balaban J connectivity index is 1.75. The van der Waals surface area contributed by atoms with Crippen LogP contribution in [-0.2, 0) is 4.79 Å². The molecule has 0 heterocycles. The van der Waals surface area contributed by atoms with Gasteiger partial charge in [-0.2, -0.15) is 0 Å². The maximum absolute atomic E-state index is 11.4. The minimum absolute atomic E-state index is 0.107. The zero-order chi connectivity index (χ0) is 15.1. The van der Waals surface area contributed by atoms with Crippen LogP contribution in [0.4, 0.5) is 0 Å². The monoisotopic (exact) mass is 295 g/mol. The first kappa shape index (κ1) is 16.8. The Bertz CT molecular complexity index is 318. The lowest BCUT2D eigenvalue weighted by Crippen LogP contribution is -2.39. The molecule has 0 aromatic carbocycles. The van der Waals surface area contributed by atoms with E-state index in [4.69, 9.17) is 0 Å². The van der Waals surface area contributed by atoms with Gasteiger partial charge in [-0.05, 0) is 50.5 Å². The van der Waals surface area contributed by atoms with E-state index in [1.165, 1.54) is 51.4 Å². The second-order valence-corrected chi connectivity index (χ2v) is 7.26. The van der Waals surface area contributed by atoms with Crippen LogP contribution in [0.3, 0.4) is 0 Å². The normalized spacial score (nSPS) is 34.3. The smallest absolute Gasteiger partial charge is 0.306 e. The van der Waals surface area contributed by atoms with Crippen LogP contribution in [0.15, 0.2) is 0 Å². The van der Waals surface area contributed by atoms with E-state index in [1.807, 2.05) is 0 Å². The first-order chi connectivity index (χ1) is 10.2. The maximum Gasteiger partial charge on any atom is 0.306 e. The van der Waals surface area contributed by atoms with Crippen LogP contribution in [0.2, 0.25) is 0 Å². The van der Waals surface area contributed by atoms with E-state index in [0.29, 0.717) is 12.0 Å². The molecule has 0 aromatic rings. The van der Waals surface area contributed by atoms with Crippen molar-refractivity contribution in [1.82, 2.24) is 5.32 Å². The molecule has 2 N–H and O–H groups in total. The zero-order valence-electron chi connectivity index (χ0n) is 13.7. The van der Waals surface area contributed by atoms with Gasteiger partial charge in [-0.1, -0.05) is 45.4 Å². The number of aliphatic carboxylic acids is 1. The summed E-state index contributed by atoms with van der Waals surface area (Å²) >= 11 is 0. The average molecular weight is 295 g/mol. The van der Waals surface area contributed by atoms with Crippen molar-refractivity contribution in [2.45, 2.75) is 83.6 Å². The SMILES string of the molecule is CCCC1CCCC(NCC2CCCCC2C(=O)O)CC1. The van der Waals surface area contributed by atoms with Crippen LogP contribution in [0.1, 0.15) is 77.6 Å². The van der Waals surface area contributed by atoms with Crippen LogP contribution >= 0.6 is 0 Å². The highest BCUT2D eigenvalue weighted by atomic mass is 16.4.